The zero-order valence-electron chi connectivity index (χ0n) is 18.2. The van der Waals surface area contributed by atoms with Crippen LogP contribution in [0.1, 0.15) is 0 Å². The van der Waals surface area contributed by atoms with E-state index in [4.69, 9.17) is 4.74 Å². The quantitative estimate of drug-likeness (QED) is 0.469. The van der Waals surface area contributed by atoms with Crippen molar-refractivity contribution in [3.63, 3.8) is 0 Å². The Bertz CT molecular complexity index is 1280. The molecular formula is C24H23FN6O2. The normalized spacial score (nSPS) is 14.0. The number of methoxy groups -OCH3 is 1. The van der Waals surface area contributed by atoms with Crippen LogP contribution in [0.3, 0.4) is 0 Å². The molecule has 0 atom stereocenters. The van der Waals surface area contributed by atoms with Crippen molar-refractivity contribution < 1.29 is 13.9 Å². The number of halogens is 1. The molecule has 4 heterocycles. The number of piperazine rings is 1. The number of amides is 1. The maximum atomic E-state index is 14.1. The Morgan fingerprint density at radius 2 is 1.85 bits per heavy atom. The van der Waals surface area contributed by atoms with Gasteiger partial charge < -0.3 is 19.1 Å². The molecule has 0 saturated carbocycles. The standard InChI is InChI=1S/C24H23FN6O2/c1-33-24-27-13-18(14-28-24)20-12-19(25)2-3-21(20)29-8-10-30(11-9-29)23(32)16-31-7-5-17-4-6-26-15-22(17)31/h2-7,12-15H,8-11,16H2,1H3. The molecule has 1 amide bonds. The van der Waals surface area contributed by atoms with Gasteiger partial charge in [-0.3, -0.25) is 9.78 Å². The van der Waals surface area contributed by atoms with Gasteiger partial charge in [0.05, 0.1) is 18.8 Å². The highest BCUT2D eigenvalue weighted by Gasteiger charge is 2.24. The summed E-state index contributed by atoms with van der Waals surface area (Å²) in [4.78, 5) is 29.4. The Morgan fingerprint density at radius 3 is 2.61 bits per heavy atom. The molecule has 4 aromatic rings. The van der Waals surface area contributed by atoms with Crippen LogP contribution >= 0.6 is 0 Å². The number of rotatable bonds is 5. The number of carbonyl (C=O) groups excluding carboxylic acids is 1. The number of hydrogen-bond donors (Lipinski definition) is 0. The van der Waals surface area contributed by atoms with E-state index in [1.54, 1.807) is 30.9 Å². The first-order chi connectivity index (χ1) is 16.1. The number of hydrogen-bond acceptors (Lipinski definition) is 6. The van der Waals surface area contributed by atoms with E-state index >= 15 is 0 Å². The van der Waals surface area contributed by atoms with Crippen molar-refractivity contribution in [2.75, 3.05) is 38.2 Å². The average Bonchev–Trinajstić information content (AvgIpc) is 3.27. The summed E-state index contributed by atoms with van der Waals surface area (Å²) in [5.41, 5.74) is 3.25. The minimum absolute atomic E-state index is 0.0684. The topological polar surface area (TPSA) is 76.4 Å². The molecule has 1 saturated heterocycles. The third kappa shape index (κ3) is 4.21. The van der Waals surface area contributed by atoms with Crippen LogP contribution in [-0.4, -0.2) is 63.6 Å². The Balaban J connectivity index is 1.29. The van der Waals surface area contributed by atoms with Crippen LogP contribution in [0.4, 0.5) is 10.1 Å². The molecule has 1 aliphatic rings. The van der Waals surface area contributed by atoms with Crippen molar-refractivity contribution in [2.24, 2.45) is 0 Å². The van der Waals surface area contributed by atoms with Crippen LogP contribution in [0.5, 0.6) is 6.01 Å². The summed E-state index contributed by atoms with van der Waals surface area (Å²) in [6.45, 7) is 2.75. The summed E-state index contributed by atoms with van der Waals surface area (Å²) in [5, 5.41) is 1.06. The number of ether oxygens (including phenoxy) is 1. The largest absolute Gasteiger partial charge is 0.467 e. The fourth-order valence-electron chi connectivity index (χ4n) is 4.18. The van der Waals surface area contributed by atoms with Gasteiger partial charge in [0.1, 0.15) is 12.4 Å². The van der Waals surface area contributed by atoms with Gasteiger partial charge in [0.15, 0.2) is 0 Å². The molecular weight excluding hydrogens is 423 g/mol. The first kappa shape index (κ1) is 20.9. The molecule has 0 bridgehead atoms. The van der Waals surface area contributed by atoms with E-state index in [0.717, 1.165) is 16.6 Å². The van der Waals surface area contributed by atoms with E-state index in [0.29, 0.717) is 37.3 Å². The lowest BCUT2D eigenvalue weighted by atomic mass is 10.0. The fourth-order valence-corrected chi connectivity index (χ4v) is 4.18. The van der Waals surface area contributed by atoms with Gasteiger partial charge in [-0.25, -0.2) is 14.4 Å². The Morgan fingerprint density at radius 1 is 1.06 bits per heavy atom. The maximum absolute atomic E-state index is 14.1. The van der Waals surface area contributed by atoms with Gasteiger partial charge in [-0.1, -0.05) is 0 Å². The second kappa shape index (κ2) is 8.85. The minimum Gasteiger partial charge on any atom is -0.467 e. The maximum Gasteiger partial charge on any atom is 0.316 e. The van der Waals surface area contributed by atoms with Crippen molar-refractivity contribution in [3.8, 4) is 17.1 Å². The third-order valence-electron chi connectivity index (χ3n) is 5.94. The highest BCUT2D eigenvalue weighted by atomic mass is 19.1. The second-order valence-corrected chi connectivity index (χ2v) is 7.87. The van der Waals surface area contributed by atoms with Gasteiger partial charge in [0.25, 0.3) is 0 Å². The summed E-state index contributed by atoms with van der Waals surface area (Å²) in [6.07, 6.45) is 8.69. The molecule has 0 unspecified atom stereocenters. The molecule has 0 aliphatic carbocycles. The molecule has 0 spiro atoms. The predicted octanol–water partition coefficient (Wildman–Crippen LogP) is 2.99. The van der Waals surface area contributed by atoms with E-state index in [1.165, 1.54) is 19.2 Å². The van der Waals surface area contributed by atoms with Crippen molar-refractivity contribution in [2.45, 2.75) is 6.54 Å². The summed E-state index contributed by atoms with van der Waals surface area (Å²) < 4.78 is 21.0. The molecule has 9 heteroatoms. The number of nitrogens with zero attached hydrogens (tertiary/aromatic N) is 6. The van der Waals surface area contributed by atoms with Crippen molar-refractivity contribution in [1.82, 2.24) is 24.4 Å². The molecule has 33 heavy (non-hydrogen) atoms. The Hall–Kier alpha value is -4.01. The first-order valence-corrected chi connectivity index (χ1v) is 10.7. The highest BCUT2D eigenvalue weighted by molar-refractivity contribution is 5.83. The summed E-state index contributed by atoms with van der Waals surface area (Å²) in [7, 11) is 1.50. The molecule has 5 rings (SSSR count). The summed E-state index contributed by atoms with van der Waals surface area (Å²) in [5.74, 6) is -0.259. The highest BCUT2D eigenvalue weighted by Crippen LogP contribution is 2.32. The Kier molecular flexibility index (Phi) is 5.60. The molecule has 3 aromatic heterocycles. The second-order valence-electron chi connectivity index (χ2n) is 7.87. The van der Waals surface area contributed by atoms with Gasteiger partial charge in [-0.15, -0.1) is 0 Å². The predicted molar refractivity (Wildman–Crippen MR) is 123 cm³/mol. The van der Waals surface area contributed by atoms with Crippen LogP contribution in [0.15, 0.2) is 61.3 Å². The van der Waals surface area contributed by atoms with Gasteiger partial charge in [-0.05, 0) is 30.3 Å². The Labute approximate surface area is 190 Å². The van der Waals surface area contributed by atoms with E-state index in [-0.39, 0.29) is 24.3 Å². The van der Waals surface area contributed by atoms with E-state index in [1.807, 2.05) is 27.8 Å². The van der Waals surface area contributed by atoms with Crippen LogP contribution in [0, 0.1) is 5.82 Å². The number of aromatic nitrogens is 4. The van der Waals surface area contributed by atoms with Crippen LogP contribution in [0.2, 0.25) is 0 Å². The van der Waals surface area contributed by atoms with Gasteiger partial charge >= 0.3 is 6.01 Å². The van der Waals surface area contributed by atoms with E-state index in [2.05, 4.69) is 19.9 Å². The molecule has 1 fully saturated rings. The van der Waals surface area contributed by atoms with Crippen LogP contribution < -0.4 is 9.64 Å². The molecule has 0 N–H and O–H groups in total. The smallest absolute Gasteiger partial charge is 0.316 e. The SMILES string of the molecule is COc1ncc(-c2cc(F)ccc2N2CCN(C(=O)Cn3ccc4ccncc43)CC2)cn1. The molecule has 168 valence electrons. The summed E-state index contributed by atoms with van der Waals surface area (Å²) in [6, 6.07) is 8.89. The lowest BCUT2D eigenvalue weighted by molar-refractivity contribution is -0.132. The number of benzene rings is 1. The number of pyridine rings is 1. The monoisotopic (exact) mass is 446 g/mol. The average molecular weight is 446 g/mol. The molecule has 0 radical (unpaired) electrons. The van der Waals surface area contributed by atoms with Crippen LogP contribution in [0.25, 0.3) is 22.0 Å². The zero-order chi connectivity index (χ0) is 22.8. The summed E-state index contributed by atoms with van der Waals surface area (Å²) >= 11 is 0. The van der Waals surface area contributed by atoms with Crippen LogP contribution in [-0.2, 0) is 11.3 Å². The third-order valence-corrected chi connectivity index (χ3v) is 5.94. The number of carbonyl (C=O) groups is 1. The van der Waals surface area contributed by atoms with Crippen molar-refractivity contribution in [3.05, 3.63) is 67.1 Å². The number of fused-ring (bicyclic) bond motifs is 1. The van der Waals surface area contributed by atoms with Gasteiger partial charge in [-0.2, -0.15) is 0 Å². The lowest BCUT2D eigenvalue weighted by Crippen LogP contribution is -2.49. The zero-order valence-corrected chi connectivity index (χ0v) is 18.2. The molecule has 8 nitrogen and oxygen atoms in total. The van der Waals surface area contributed by atoms with Crippen molar-refractivity contribution in [1.29, 1.82) is 0 Å². The first-order valence-electron chi connectivity index (χ1n) is 10.7. The van der Waals surface area contributed by atoms with Crippen molar-refractivity contribution >= 4 is 22.5 Å². The molecule has 1 aliphatic heterocycles. The van der Waals surface area contributed by atoms with Gasteiger partial charge in [0.2, 0.25) is 5.91 Å². The van der Waals surface area contributed by atoms with Gasteiger partial charge in [0, 0.05) is 73.2 Å². The van der Waals surface area contributed by atoms with E-state index in [9.17, 15) is 9.18 Å². The van der Waals surface area contributed by atoms with E-state index < -0.39 is 0 Å². The number of anilines is 1. The minimum atomic E-state index is -0.327. The fraction of sp³-hybridized carbons (Fsp3) is 0.250. The molecule has 1 aromatic carbocycles. The lowest BCUT2D eigenvalue weighted by Gasteiger charge is -2.37.